The van der Waals surface area contributed by atoms with Crippen molar-refractivity contribution in [3.05, 3.63) is 23.8 Å². The van der Waals surface area contributed by atoms with Crippen molar-refractivity contribution in [3.8, 4) is 0 Å². The number of carbonyl (C=O) groups excluding carboxylic acids is 1. The molecule has 0 aliphatic carbocycles. The molecule has 5 nitrogen and oxygen atoms in total. The minimum absolute atomic E-state index is 0.403. The highest BCUT2D eigenvalue weighted by molar-refractivity contribution is 7.23. The Bertz CT molecular complexity index is 866. The Morgan fingerprint density at radius 2 is 1.74 bits per heavy atom. The van der Waals surface area contributed by atoms with Crippen molar-refractivity contribution < 1.29 is 18.8 Å². The van der Waals surface area contributed by atoms with E-state index in [2.05, 4.69) is 24.4 Å². The van der Waals surface area contributed by atoms with E-state index in [-0.39, 0.29) is 0 Å². The summed E-state index contributed by atoms with van der Waals surface area (Å²) in [7, 11) is -0.442. The van der Waals surface area contributed by atoms with E-state index in [1.165, 1.54) is 11.3 Å². The van der Waals surface area contributed by atoms with Crippen molar-refractivity contribution in [2.75, 3.05) is 5.32 Å². The molecule has 1 aliphatic heterocycles. The summed E-state index contributed by atoms with van der Waals surface area (Å²) < 4.78 is 19.0. The first-order chi connectivity index (χ1) is 12.3. The van der Waals surface area contributed by atoms with Crippen molar-refractivity contribution in [3.63, 3.8) is 0 Å². The minimum Gasteiger partial charge on any atom is -0.444 e. The fourth-order valence-electron chi connectivity index (χ4n) is 2.98. The number of aryl methyl sites for hydroxylation is 1. The number of rotatable bonds is 2. The lowest BCUT2D eigenvalue weighted by atomic mass is 9.74. The van der Waals surface area contributed by atoms with Gasteiger partial charge in [0.2, 0.25) is 0 Å². The molecule has 7 heteroatoms. The van der Waals surface area contributed by atoms with E-state index in [4.69, 9.17) is 14.0 Å². The maximum atomic E-state index is 12.1. The molecule has 1 aliphatic rings. The summed E-state index contributed by atoms with van der Waals surface area (Å²) in [4.78, 5) is 12.1. The Morgan fingerprint density at radius 1 is 1.15 bits per heavy atom. The van der Waals surface area contributed by atoms with Gasteiger partial charge in [-0.05, 0) is 78.4 Å². The molecule has 146 valence electrons. The average molecular weight is 389 g/mol. The smallest absolute Gasteiger partial charge is 0.444 e. The molecule has 2 aromatic rings. The molecule has 0 spiro atoms. The van der Waals surface area contributed by atoms with Crippen LogP contribution < -0.4 is 10.8 Å². The Labute approximate surface area is 165 Å². The average Bonchev–Trinajstić information content (AvgIpc) is 2.94. The standard InChI is InChI=1S/C20H28BNO4S/c1-12-9-10-14-13(11-15(27-14)22-17(23)24-18(2,3)4)16(12)21-25-19(5,6)20(7,8)26-21/h9-11H,1-8H3,(H,22,23). The summed E-state index contributed by atoms with van der Waals surface area (Å²) in [5.74, 6) is 0. The van der Waals surface area contributed by atoms with Gasteiger partial charge in [0, 0.05) is 4.70 Å². The molecular formula is C20H28BNO4S. The number of benzene rings is 1. The first-order valence-corrected chi connectivity index (χ1v) is 9.99. The lowest BCUT2D eigenvalue weighted by Gasteiger charge is -2.32. The van der Waals surface area contributed by atoms with Crippen LogP contribution in [0.25, 0.3) is 10.1 Å². The first kappa shape index (κ1) is 20.2. The lowest BCUT2D eigenvalue weighted by molar-refractivity contribution is 0.00578. The van der Waals surface area contributed by atoms with E-state index < -0.39 is 30.0 Å². The van der Waals surface area contributed by atoms with Crippen LogP contribution in [0.2, 0.25) is 0 Å². The summed E-state index contributed by atoms with van der Waals surface area (Å²) in [6.07, 6.45) is -0.456. The number of hydrogen-bond donors (Lipinski definition) is 1. The van der Waals surface area contributed by atoms with Gasteiger partial charge in [0.1, 0.15) is 5.60 Å². The molecule has 0 radical (unpaired) electrons. The van der Waals surface area contributed by atoms with Crippen LogP contribution in [0.1, 0.15) is 54.0 Å². The molecule has 0 bridgehead atoms. The zero-order valence-corrected chi connectivity index (χ0v) is 18.2. The number of nitrogens with one attached hydrogen (secondary N) is 1. The SMILES string of the molecule is Cc1ccc2sc(NC(=O)OC(C)(C)C)cc2c1B1OC(C)(C)C(C)(C)O1. The molecule has 3 rings (SSSR count). The quantitative estimate of drug-likeness (QED) is 0.746. The number of fused-ring (bicyclic) bond motifs is 1. The van der Waals surface area contributed by atoms with Crippen LogP contribution in [0.4, 0.5) is 9.80 Å². The van der Waals surface area contributed by atoms with E-state index in [1.54, 1.807) is 0 Å². The fourth-order valence-corrected chi connectivity index (χ4v) is 3.94. The third-order valence-electron chi connectivity index (χ3n) is 5.07. The second-order valence-electron chi connectivity index (χ2n) is 9.03. The summed E-state index contributed by atoms with van der Waals surface area (Å²) in [5.41, 5.74) is 0.771. The van der Waals surface area contributed by atoms with Crippen LogP contribution >= 0.6 is 11.3 Å². The molecule has 1 N–H and O–H groups in total. The van der Waals surface area contributed by atoms with E-state index in [0.717, 1.165) is 26.1 Å². The van der Waals surface area contributed by atoms with Gasteiger partial charge in [-0.25, -0.2) is 4.79 Å². The van der Waals surface area contributed by atoms with Crippen LogP contribution in [-0.2, 0) is 14.0 Å². The number of ether oxygens (including phenoxy) is 1. The molecule has 0 saturated carbocycles. The topological polar surface area (TPSA) is 56.8 Å². The van der Waals surface area contributed by atoms with Crippen molar-refractivity contribution in [1.82, 2.24) is 0 Å². The Balaban J connectivity index is 1.94. The Morgan fingerprint density at radius 3 is 2.30 bits per heavy atom. The van der Waals surface area contributed by atoms with Crippen molar-refractivity contribution >= 4 is 45.1 Å². The lowest BCUT2D eigenvalue weighted by Crippen LogP contribution is -2.41. The zero-order chi connectivity index (χ0) is 20.2. The van der Waals surface area contributed by atoms with Gasteiger partial charge in [-0.3, -0.25) is 5.32 Å². The van der Waals surface area contributed by atoms with Gasteiger partial charge in [-0.2, -0.15) is 0 Å². The highest BCUT2D eigenvalue weighted by atomic mass is 32.1. The molecule has 1 aromatic heterocycles. The fraction of sp³-hybridized carbons (Fsp3) is 0.550. The van der Waals surface area contributed by atoms with Gasteiger partial charge in [0.25, 0.3) is 0 Å². The molecular weight excluding hydrogens is 361 g/mol. The summed E-state index contributed by atoms with van der Waals surface area (Å²) >= 11 is 1.51. The Kier molecular flexibility index (Phi) is 4.86. The van der Waals surface area contributed by atoms with Crippen molar-refractivity contribution in [2.45, 2.75) is 72.2 Å². The summed E-state index contributed by atoms with van der Waals surface area (Å²) in [6.45, 7) is 15.8. The second-order valence-corrected chi connectivity index (χ2v) is 10.1. The number of thiophene rings is 1. The zero-order valence-electron chi connectivity index (χ0n) is 17.4. The van der Waals surface area contributed by atoms with Crippen LogP contribution in [0.3, 0.4) is 0 Å². The molecule has 27 heavy (non-hydrogen) atoms. The maximum Gasteiger partial charge on any atom is 0.495 e. The van der Waals surface area contributed by atoms with Gasteiger partial charge in [0.05, 0.1) is 16.2 Å². The summed E-state index contributed by atoms with van der Waals surface area (Å²) in [5, 5.41) is 4.60. The van der Waals surface area contributed by atoms with Gasteiger partial charge >= 0.3 is 13.2 Å². The van der Waals surface area contributed by atoms with E-state index in [1.807, 2.05) is 54.5 Å². The molecule has 1 aromatic carbocycles. The largest absolute Gasteiger partial charge is 0.495 e. The number of amides is 1. The Hall–Kier alpha value is -1.57. The van der Waals surface area contributed by atoms with Gasteiger partial charge < -0.3 is 14.0 Å². The monoisotopic (exact) mass is 389 g/mol. The molecule has 1 amide bonds. The number of carbonyl (C=O) groups is 1. The van der Waals surface area contributed by atoms with E-state index >= 15 is 0 Å². The second kappa shape index (κ2) is 6.50. The van der Waals surface area contributed by atoms with E-state index in [0.29, 0.717) is 0 Å². The predicted octanol–water partition coefficient (Wildman–Crippen LogP) is 4.86. The highest BCUT2D eigenvalue weighted by Gasteiger charge is 2.52. The molecule has 1 fully saturated rings. The minimum atomic E-state index is -0.537. The van der Waals surface area contributed by atoms with Crippen LogP contribution in [0.15, 0.2) is 18.2 Å². The molecule has 2 heterocycles. The van der Waals surface area contributed by atoms with Gasteiger partial charge in [-0.15, -0.1) is 11.3 Å². The molecule has 0 unspecified atom stereocenters. The van der Waals surface area contributed by atoms with Gasteiger partial charge in [0.15, 0.2) is 0 Å². The normalized spacial score (nSPS) is 18.7. The summed E-state index contributed by atoms with van der Waals surface area (Å²) in [6, 6.07) is 6.10. The van der Waals surface area contributed by atoms with Crippen molar-refractivity contribution in [1.29, 1.82) is 0 Å². The van der Waals surface area contributed by atoms with Crippen LogP contribution in [-0.4, -0.2) is 30.0 Å². The van der Waals surface area contributed by atoms with Gasteiger partial charge in [-0.1, -0.05) is 11.6 Å². The van der Waals surface area contributed by atoms with Crippen LogP contribution in [0, 0.1) is 6.92 Å². The molecule has 1 saturated heterocycles. The van der Waals surface area contributed by atoms with E-state index in [9.17, 15) is 4.79 Å². The third-order valence-corrected chi connectivity index (χ3v) is 6.09. The molecule has 0 atom stereocenters. The maximum absolute atomic E-state index is 12.1. The number of hydrogen-bond acceptors (Lipinski definition) is 5. The highest BCUT2D eigenvalue weighted by Crippen LogP contribution is 2.38. The van der Waals surface area contributed by atoms with Crippen molar-refractivity contribution in [2.24, 2.45) is 0 Å². The van der Waals surface area contributed by atoms with Crippen LogP contribution in [0.5, 0.6) is 0 Å². The predicted molar refractivity (Wildman–Crippen MR) is 112 cm³/mol. The first-order valence-electron chi connectivity index (χ1n) is 9.18. The number of anilines is 1. The third kappa shape index (κ3) is 4.00.